The number of ether oxygens (including phenoxy) is 1. The summed E-state index contributed by atoms with van der Waals surface area (Å²) >= 11 is 5.27. The summed E-state index contributed by atoms with van der Waals surface area (Å²) in [5, 5.41) is 8.41. The third kappa shape index (κ3) is 7.61. The Morgan fingerprint density at radius 2 is 2.05 bits per heavy atom. The normalized spacial score (nSPS) is 13.2. The highest BCUT2D eigenvalue weighted by atomic mass is 79.9. The first-order valence-electron chi connectivity index (χ1n) is 7.58. The van der Waals surface area contributed by atoms with Crippen molar-refractivity contribution in [1.29, 1.82) is 0 Å². The van der Waals surface area contributed by atoms with Crippen molar-refractivity contribution in [1.82, 2.24) is 10.6 Å². The second kappa shape index (κ2) is 8.89. The predicted molar refractivity (Wildman–Crippen MR) is 96.3 cm³/mol. The Morgan fingerprint density at radius 1 is 1.36 bits per heavy atom. The van der Waals surface area contributed by atoms with Crippen LogP contribution in [-0.2, 0) is 11.3 Å². The van der Waals surface area contributed by atoms with Gasteiger partial charge in [-0.25, -0.2) is 4.79 Å². The van der Waals surface area contributed by atoms with E-state index in [0.29, 0.717) is 18.4 Å². The number of hydrogen-bond acceptors (Lipinski definition) is 4. The van der Waals surface area contributed by atoms with Crippen molar-refractivity contribution in [2.24, 2.45) is 11.8 Å². The SMILES string of the molecule is CC(C)C(CNCc1sccc1Br)CNC(=O)OC(C)(C)C. The number of halogens is 1. The maximum atomic E-state index is 11.7. The van der Waals surface area contributed by atoms with Crippen molar-refractivity contribution in [2.75, 3.05) is 13.1 Å². The zero-order chi connectivity index (χ0) is 16.8. The van der Waals surface area contributed by atoms with Gasteiger partial charge in [-0.3, -0.25) is 0 Å². The molecule has 1 aromatic rings. The molecule has 0 saturated heterocycles. The van der Waals surface area contributed by atoms with Gasteiger partial charge in [-0.1, -0.05) is 13.8 Å². The van der Waals surface area contributed by atoms with Gasteiger partial charge in [-0.15, -0.1) is 11.3 Å². The molecule has 22 heavy (non-hydrogen) atoms. The third-order valence-corrected chi connectivity index (χ3v) is 5.16. The van der Waals surface area contributed by atoms with E-state index < -0.39 is 5.60 Å². The first-order valence-corrected chi connectivity index (χ1v) is 9.25. The van der Waals surface area contributed by atoms with Crippen molar-refractivity contribution >= 4 is 33.4 Å². The topological polar surface area (TPSA) is 50.4 Å². The third-order valence-electron chi connectivity index (χ3n) is 3.23. The van der Waals surface area contributed by atoms with Crippen LogP contribution < -0.4 is 10.6 Å². The van der Waals surface area contributed by atoms with E-state index in [1.54, 1.807) is 11.3 Å². The predicted octanol–water partition coefficient (Wildman–Crippen LogP) is 4.40. The first kappa shape index (κ1) is 19.5. The molecule has 1 rings (SSSR count). The van der Waals surface area contributed by atoms with Crippen LogP contribution in [0.5, 0.6) is 0 Å². The van der Waals surface area contributed by atoms with Crippen molar-refractivity contribution in [3.05, 3.63) is 20.8 Å². The molecule has 0 aliphatic carbocycles. The van der Waals surface area contributed by atoms with E-state index >= 15 is 0 Å². The lowest BCUT2D eigenvalue weighted by molar-refractivity contribution is 0.0515. The minimum absolute atomic E-state index is 0.348. The highest BCUT2D eigenvalue weighted by molar-refractivity contribution is 9.10. The summed E-state index contributed by atoms with van der Waals surface area (Å²) in [4.78, 5) is 13.0. The molecule has 6 heteroatoms. The fraction of sp³-hybridized carbons (Fsp3) is 0.688. The number of carbonyl (C=O) groups excluding carboxylic acids is 1. The summed E-state index contributed by atoms with van der Waals surface area (Å²) < 4.78 is 6.42. The second-order valence-corrected chi connectivity index (χ2v) is 8.56. The summed E-state index contributed by atoms with van der Waals surface area (Å²) in [5.41, 5.74) is -0.457. The highest BCUT2D eigenvalue weighted by Crippen LogP contribution is 2.22. The van der Waals surface area contributed by atoms with Gasteiger partial charge < -0.3 is 15.4 Å². The number of amides is 1. The lowest BCUT2D eigenvalue weighted by Gasteiger charge is -2.24. The molecule has 0 radical (unpaired) electrons. The molecule has 0 aliphatic rings. The van der Waals surface area contributed by atoms with Gasteiger partial charge in [0.05, 0.1) is 0 Å². The molecule has 0 spiro atoms. The van der Waals surface area contributed by atoms with Crippen molar-refractivity contribution in [2.45, 2.75) is 46.8 Å². The molecule has 0 saturated carbocycles. The molecule has 1 amide bonds. The van der Waals surface area contributed by atoms with Gasteiger partial charge in [0.2, 0.25) is 0 Å². The summed E-state index contributed by atoms with van der Waals surface area (Å²) in [6.45, 7) is 12.3. The van der Waals surface area contributed by atoms with Crippen LogP contribution in [0, 0.1) is 11.8 Å². The van der Waals surface area contributed by atoms with E-state index in [4.69, 9.17) is 4.74 Å². The molecule has 1 heterocycles. The minimum atomic E-state index is -0.457. The molecule has 0 bridgehead atoms. The molecular weight excluding hydrogens is 364 g/mol. The molecule has 0 aliphatic heterocycles. The van der Waals surface area contributed by atoms with Crippen LogP contribution >= 0.6 is 27.3 Å². The largest absolute Gasteiger partial charge is 0.444 e. The Morgan fingerprint density at radius 3 is 2.55 bits per heavy atom. The van der Waals surface area contributed by atoms with E-state index in [2.05, 4.69) is 51.9 Å². The number of alkyl carbamates (subject to hydrolysis) is 1. The fourth-order valence-corrected chi connectivity index (χ4v) is 3.36. The quantitative estimate of drug-likeness (QED) is 0.725. The van der Waals surface area contributed by atoms with Crippen LogP contribution in [0.4, 0.5) is 4.79 Å². The number of nitrogens with one attached hydrogen (secondary N) is 2. The monoisotopic (exact) mass is 390 g/mol. The smallest absolute Gasteiger partial charge is 0.407 e. The number of carbonyl (C=O) groups is 1. The van der Waals surface area contributed by atoms with E-state index in [9.17, 15) is 4.79 Å². The average Bonchev–Trinajstić information content (AvgIpc) is 2.76. The maximum Gasteiger partial charge on any atom is 0.407 e. The molecule has 126 valence electrons. The summed E-state index contributed by atoms with van der Waals surface area (Å²) in [6.07, 6.45) is -0.348. The summed E-state index contributed by atoms with van der Waals surface area (Å²) in [6, 6.07) is 2.06. The average molecular weight is 391 g/mol. The molecular formula is C16H27BrN2O2S. The Balaban J connectivity index is 2.36. The van der Waals surface area contributed by atoms with Crippen LogP contribution in [0.15, 0.2) is 15.9 Å². The second-order valence-electron chi connectivity index (χ2n) is 6.71. The summed E-state index contributed by atoms with van der Waals surface area (Å²) in [5.74, 6) is 0.848. The van der Waals surface area contributed by atoms with Gasteiger partial charge in [0.25, 0.3) is 0 Å². The molecule has 0 aromatic carbocycles. The van der Waals surface area contributed by atoms with E-state index in [-0.39, 0.29) is 6.09 Å². The van der Waals surface area contributed by atoms with Crippen LogP contribution in [0.1, 0.15) is 39.5 Å². The molecule has 1 unspecified atom stereocenters. The number of hydrogen-bond donors (Lipinski definition) is 2. The highest BCUT2D eigenvalue weighted by Gasteiger charge is 2.19. The van der Waals surface area contributed by atoms with Crippen molar-refractivity contribution in [3.8, 4) is 0 Å². The van der Waals surface area contributed by atoms with E-state index in [1.165, 1.54) is 4.88 Å². The Hall–Kier alpha value is -0.590. The number of rotatable bonds is 7. The van der Waals surface area contributed by atoms with Gasteiger partial charge in [-0.05, 0) is 60.0 Å². The summed E-state index contributed by atoms with van der Waals surface area (Å²) in [7, 11) is 0. The molecule has 1 atom stereocenters. The number of thiophene rings is 1. The van der Waals surface area contributed by atoms with Crippen molar-refractivity contribution < 1.29 is 9.53 Å². The Labute approximate surface area is 146 Å². The first-order chi connectivity index (χ1) is 10.2. The lowest BCUT2D eigenvalue weighted by Crippen LogP contribution is -2.39. The lowest BCUT2D eigenvalue weighted by atomic mass is 9.96. The molecule has 4 nitrogen and oxygen atoms in total. The van der Waals surface area contributed by atoms with Crippen LogP contribution in [0.3, 0.4) is 0 Å². The van der Waals surface area contributed by atoms with E-state index in [1.807, 2.05) is 20.8 Å². The van der Waals surface area contributed by atoms with Gasteiger partial charge in [0.15, 0.2) is 0 Å². The standard InChI is InChI=1S/C16H27BrN2O2S/c1-11(2)12(9-19-15(20)21-16(3,4)5)8-18-10-14-13(17)6-7-22-14/h6-7,11-12,18H,8-10H2,1-5H3,(H,19,20). The van der Waals surface area contributed by atoms with Crippen LogP contribution in [-0.4, -0.2) is 24.8 Å². The Bertz CT molecular complexity index is 469. The van der Waals surface area contributed by atoms with Gasteiger partial charge in [0, 0.05) is 29.0 Å². The zero-order valence-corrected chi connectivity index (χ0v) is 16.4. The van der Waals surface area contributed by atoms with E-state index in [0.717, 1.165) is 17.6 Å². The maximum absolute atomic E-state index is 11.7. The zero-order valence-electron chi connectivity index (χ0n) is 14.0. The van der Waals surface area contributed by atoms with Gasteiger partial charge in [-0.2, -0.15) is 0 Å². The molecule has 1 aromatic heterocycles. The van der Waals surface area contributed by atoms with Crippen LogP contribution in [0.25, 0.3) is 0 Å². The van der Waals surface area contributed by atoms with Crippen molar-refractivity contribution in [3.63, 3.8) is 0 Å². The van der Waals surface area contributed by atoms with Crippen LogP contribution in [0.2, 0.25) is 0 Å². The molecule has 0 fully saturated rings. The van der Waals surface area contributed by atoms with Gasteiger partial charge >= 0.3 is 6.09 Å². The fourth-order valence-electron chi connectivity index (χ4n) is 1.89. The minimum Gasteiger partial charge on any atom is -0.444 e. The van der Waals surface area contributed by atoms with Gasteiger partial charge in [0.1, 0.15) is 5.60 Å². The Kier molecular flexibility index (Phi) is 7.86. The molecule has 2 N–H and O–H groups in total.